The van der Waals surface area contributed by atoms with Gasteiger partial charge >= 0.3 is 0 Å². The number of para-hydroxylation sites is 3. The van der Waals surface area contributed by atoms with E-state index in [2.05, 4.69) is 174 Å². The lowest BCUT2D eigenvalue weighted by molar-refractivity contribution is 1.17. The van der Waals surface area contributed by atoms with E-state index in [0.717, 1.165) is 16.8 Å². The number of fused-ring (bicyclic) bond motifs is 7. The van der Waals surface area contributed by atoms with Crippen LogP contribution >= 0.6 is 0 Å². The van der Waals surface area contributed by atoms with Gasteiger partial charge in [0.05, 0.1) is 27.8 Å². The summed E-state index contributed by atoms with van der Waals surface area (Å²) in [5, 5.41) is 7.47. The number of rotatable bonds is 5. The molecule has 0 aliphatic rings. The number of nitrogens with zero attached hydrogens (tertiary/aromatic N) is 2. The van der Waals surface area contributed by atoms with E-state index in [-0.39, 0.29) is 0 Å². The molecule has 2 heterocycles. The van der Waals surface area contributed by atoms with Crippen molar-refractivity contribution in [2.45, 2.75) is 0 Å². The monoisotopic (exact) mass is 586 g/mol. The van der Waals surface area contributed by atoms with E-state index in [1.165, 1.54) is 71.2 Å². The van der Waals surface area contributed by atoms with Crippen LogP contribution in [0, 0.1) is 0 Å². The summed E-state index contributed by atoms with van der Waals surface area (Å²) in [5.41, 5.74) is 11.5. The van der Waals surface area contributed by atoms with Crippen molar-refractivity contribution in [1.29, 1.82) is 0 Å². The summed E-state index contributed by atoms with van der Waals surface area (Å²) in [5.74, 6) is 0. The first kappa shape index (κ1) is 26.3. The lowest BCUT2D eigenvalue weighted by atomic mass is 9.95. The molecule has 2 heteroatoms. The van der Waals surface area contributed by atoms with Crippen LogP contribution in [-0.2, 0) is 0 Å². The molecule has 0 aliphatic heterocycles. The van der Waals surface area contributed by atoms with Crippen molar-refractivity contribution in [3.05, 3.63) is 176 Å². The van der Waals surface area contributed by atoms with Crippen LogP contribution in [0.5, 0.6) is 0 Å². The second-order valence-electron chi connectivity index (χ2n) is 11.9. The molecule has 2 nitrogen and oxygen atoms in total. The van der Waals surface area contributed by atoms with Crippen molar-refractivity contribution in [1.82, 2.24) is 9.13 Å². The van der Waals surface area contributed by atoms with E-state index < -0.39 is 0 Å². The van der Waals surface area contributed by atoms with Gasteiger partial charge in [-0.3, -0.25) is 0 Å². The van der Waals surface area contributed by atoms with Crippen LogP contribution in [0.3, 0.4) is 0 Å². The fourth-order valence-corrected chi connectivity index (χ4v) is 7.26. The summed E-state index contributed by atoms with van der Waals surface area (Å²) in [6, 6.07) is 55.0. The zero-order chi connectivity index (χ0) is 30.8. The molecule has 2 aromatic heterocycles. The summed E-state index contributed by atoms with van der Waals surface area (Å²) in [7, 11) is 0. The highest BCUT2D eigenvalue weighted by atomic mass is 15.0. The number of benzene rings is 7. The van der Waals surface area contributed by atoms with Gasteiger partial charge in [-0.15, -0.1) is 0 Å². The Balaban J connectivity index is 1.35. The topological polar surface area (TPSA) is 9.86 Å². The molecule has 0 atom stereocenters. The first-order valence-corrected chi connectivity index (χ1v) is 15.7. The van der Waals surface area contributed by atoms with Gasteiger partial charge in [0.2, 0.25) is 0 Å². The molecule has 9 rings (SSSR count). The fraction of sp³-hybridized carbons (Fsp3) is 0. The minimum absolute atomic E-state index is 0.929. The molecular formula is C44H30N2. The van der Waals surface area contributed by atoms with Crippen LogP contribution in [0.2, 0.25) is 0 Å². The summed E-state index contributed by atoms with van der Waals surface area (Å²) < 4.78 is 4.86. The molecule has 0 amide bonds. The average Bonchev–Trinajstić information content (AvgIpc) is 3.62. The molecule has 216 valence electrons. The van der Waals surface area contributed by atoms with E-state index in [1.807, 2.05) is 0 Å². The molecule has 0 bridgehead atoms. The van der Waals surface area contributed by atoms with E-state index in [4.69, 9.17) is 0 Å². The molecule has 0 N–H and O–H groups in total. The Morgan fingerprint density at radius 3 is 1.70 bits per heavy atom. The van der Waals surface area contributed by atoms with Crippen molar-refractivity contribution in [3.8, 4) is 22.5 Å². The SMILES string of the molecule is C=CC(=C)c1ccc(-c2ccc(-n3c4ccccc4c4cc5c6ccccc6n(-c6ccccc6)c5cc43)c3ccccc23)cc1. The minimum Gasteiger partial charge on any atom is -0.309 e. The fourth-order valence-electron chi connectivity index (χ4n) is 7.26. The van der Waals surface area contributed by atoms with Crippen molar-refractivity contribution in [2.24, 2.45) is 0 Å². The standard InChI is InChI=1S/C44H30N2/c1-3-29(2)30-21-23-31(24-22-30)33-25-26-42(35-16-8-7-15-34(33)35)46-41-20-12-10-18-37(41)39-27-38-36-17-9-11-19-40(36)45(43(38)28-44(39)46)32-13-5-4-6-14-32/h3-28H,1-2H2. The Morgan fingerprint density at radius 2 is 1.02 bits per heavy atom. The van der Waals surface area contributed by atoms with Crippen molar-refractivity contribution in [3.63, 3.8) is 0 Å². The Morgan fingerprint density at radius 1 is 0.457 bits per heavy atom. The van der Waals surface area contributed by atoms with E-state index in [0.29, 0.717) is 0 Å². The Kier molecular flexibility index (Phi) is 5.84. The van der Waals surface area contributed by atoms with Crippen LogP contribution in [0.15, 0.2) is 171 Å². The lowest BCUT2D eigenvalue weighted by Crippen LogP contribution is -1.97. The predicted molar refractivity (Wildman–Crippen MR) is 197 cm³/mol. The highest BCUT2D eigenvalue weighted by Crippen LogP contribution is 2.41. The summed E-state index contributed by atoms with van der Waals surface area (Å²) in [6.07, 6.45) is 1.80. The maximum atomic E-state index is 4.12. The van der Waals surface area contributed by atoms with E-state index >= 15 is 0 Å². The molecule has 9 aromatic rings. The number of aromatic nitrogens is 2. The maximum absolute atomic E-state index is 4.12. The number of hydrogen-bond acceptors (Lipinski definition) is 0. The second kappa shape index (κ2) is 10.2. The number of hydrogen-bond donors (Lipinski definition) is 0. The maximum Gasteiger partial charge on any atom is 0.0562 e. The lowest BCUT2D eigenvalue weighted by Gasteiger charge is -2.15. The Bertz CT molecular complexity index is 2650. The van der Waals surface area contributed by atoms with Gasteiger partial charge in [-0.1, -0.05) is 128 Å². The third kappa shape index (κ3) is 3.84. The molecule has 0 fully saturated rings. The van der Waals surface area contributed by atoms with Crippen molar-refractivity contribution >= 4 is 60.0 Å². The molecule has 0 radical (unpaired) electrons. The molecular weight excluding hydrogens is 556 g/mol. The second-order valence-corrected chi connectivity index (χ2v) is 11.9. The highest BCUT2D eigenvalue weighted by Gasteiger charge is 2.19. The van der Waals surface area contributed by atoms with Gasteiger partial charge in [0, 0.05) is 32.6 Å². The summed E-state index contributed by atoms with van der Waals surface area (Å²) in [4.78, 5) is 0. The largest absolute Gasteiger partial charge is 0.309 e. The van der Waals surface area contributed by atoms with Gasteiger partial charge in [0.1, 0.15) is 0 Å². The van der Waals surface area contributed by atoms with Crippen LogP contribution in [0.25, 0.3) is 82.5 Å². The third-order valence-corrected chi connectivity index (χ3v) is 9.44. The Hall–Kier alpha value is -6.12. The van der Waals surface area contributed by atoms with Gasteiger partial charge in [-0.05, 0) is 70.1 Å². The summed E-state index contributed by atoms with van der Waals surface area (Å²) in [6.45, 7) is 8.00. The van der Waals surface area contributed by atoms with Crippen LogP contribution in [-0.4, -0.2) is 9.13 Å². The van der Waals surface area contributed by atoms with E-state index in [9.17, 15) is 0 Å². The minimum atomic E-state index is 0.929. The molecule has 0 saturated carbocycles. The van der Waals surface area contributed by atoms with Crippen molar-refractivity contribution in [2.75, 3.05) is 0 Å². The Labute approximate surface area is 267 Å². The van der Waals surface area contributed by atoms with Crippen LogP contribution < -0.4 is 0 Å². The molecule has 0 spiro atoms. The quantitative estimate of drug-likeness (QED) is 0.178. The zero-order valence-corrected chi connectivity index (χ0v) is 25.3. The molecule has 0 unspecified atom stereocenters. The smallest absolute Gasteiger partial charge is 0.0562 e. The molecule has 0 saturated heterocycles. The van der Waals surface area contributed by atoms with Crippen molar-refractivity contribution < 1.29 is 0 Å². The van der Waals surface area contributed by atoms with Gasteiger partial charge in [-0.25, -0.2) is 0 Å². The van der Waals surface area contributed by atoms with Crippen LogP contribution in [0.4, 0.5) is 0 Å². The third-order valence-electron chi connectivity index (χ3n) is 9.44. The van der Waals surface area contributed by atoms with Gasteiger partial charge in [-0.2, -0.15) is 0 Å². The van der Waals surface area contributed by atoms with Gasteiger partial charge in [0.25, 0.3) is 0 Å². The summed E-state index contributed by atoms with van der Waals surface area (Å²) >= 11 is 0. The first-order valence-electron chi connectivity index (χ1n) is 15.7. The average molecular weight is 587 g/mol. The molecule has 0 aliphatic carbocycles. The van der Waals surface area contributed by atoms with E-state index in [1.54, 1.807) is 6.08 Å². The van der Waals surface area contributed by atoms with Gasteiger partial charge in [0.15, 0.2) is 0 Å². The molecule has 46 heavy (non-hydrogen) atoms. The first-order chi connectivity index (χ1) is 22.7. The zero-order valence-electron chi connectivity index (χ0n) is 25.3. The predicted octanol–water partition coefficient (Wildman–Crippen LogP) is 11.9. The molecule has 7 aromatic carbocycles. The normalized spacial score (nSPS) is 11.7. The van der Waals surface area contributed by atoms with Gasteiger partial charge < -0.3 is 9.13 Å². The number of allylic oxidation sites excluding steroid dienone is 2. The highest BCUT2D eigenvalue weighted by molar-refractivity contribution is 6.19. The van der Waals surface area contributed by atoms with Crippen LogP contribution in [0.1, 0.15) is 5.56 Å².